The second-order valence-corrected chi connectivity index (χ2v) is 5.15. The average Bonchev–Trinajstić information content (AvgIpc) is 2.75. The van der Waals surface area contributed by atoms with Gasteiger partial charge < -0.3 is 5.32 Å². The van der Waals surface area contributed by atoms with E-state index in [2.05, 4.69) is 31.2 Å². The summed E-state index contributed by atoms with van der Waals surface area (Å²) in [6.07, 6.45) is -2.05. The standard InChI is InChI=1S/C12H20F3N3/c1-5-11(3,4)16-8-9(2)18-7-6-10(17-18)12(13,14)15/h6-7,9,16H,5,8H2,1-4H3. The summed E-state index contributed by atoms with van der Waals surface area (Å²) in [6, 6.07) is 0.883. The minimum Gasteiger partial charge on any atom is -0.310 e. The van der Waals surface area contributed by atoms with Crippen LogP contribution < -0.4 is 5.32 Å². The van der Waals surface area contributed by atoms with E-state index in [1.54, 1.807) is 0 Å². The number of halogens is 3. The van der Waals surface area contributed by atoms with Crippen LogP contribution in [0.5, 0.6) is 0 Å². The third kappa shape index (κ3) is 4.01. The van der Waals surface area contributed by atoms with Gasteiger partial charge in [-0.15, -0.1) is 0 Å². The molecular formula is C12H20F3N3. The summed E-state index contributed by atoms with van der Waals surface area (Å²) >= 11 is 0. The molecule has 1 rings (SSSR count). The monoisotopic (exact) mass is 263 g/mol. The molecule has 0 saturated carbocycles. The molecular weight excluding hydrogens is 243 g/mol. The van der Waals surface area contributed by atoms with E-state index in [-0.39, 0.29) is 11.6 Å². The first-order valence-electron chi connectivity index (χ1n) is 6.03. The molecule has 0 saturated heterocycles. The predicted molar refractivity (Wildman–Crippen MR) is 64.3 cm³/mol. The van der Waals surface area contributed by atoms with Gasteiger partial charge in [-0.2, -0.15) is 18.3 Å². The van der Waals surface area contributed by atoms with Crippen LogP contribution in [0.25, 0.3) is 0 Å². The molecule has 0 amide bonds. The lowest BCUT2D eigenvalue weighted by Gasteiger charge is -2.26. The molecule has 104 valence electrons. The van der Waals surface area contributed by atoms with Crippen LogP contribution in [0.2, 0.25) is 0 Å². The van der Waals surface area contributed by atoms with Gasteiger partial charge in [-0.05, 0) is 33.3 Å². The van der Waals surface area contributed by atoms with Crippen molar-refractivity contribution in [2.45, 2.75) is 51.9 Å². The highest BCUT2D eigenvalue weighted by molar-refractivity contribution is 5.03. The van der Waals surface area contributed by atoms with Gasteiger partial charge in [0.2, 0.25) is 0 Å². The van der Waals surface area contributed by atoms with Crippen molar-refractivity contribution in [2.75, 3.05) is 6.54 Å². The molecule has 1 aromatic heterocycles. The Morgan fingerprint density at radius 2 is 2.00 bits per heavy atom. The Morgan fingerprint density at radius 1 is 1.39 bits per heavy atom. The fourth-order valence-corrected chi connectivity index (χ4v) is 1.38. The van der Waals surface area contributed by atoms with Crippen molar-refractivity contribution in [2.24, 2.45) is 0 Å². The molecule has 1 N–H and O–H groups in total. The van der Waals surface area contributed by atoms with Crippen molar-refractivity contribution in [3.05, 3.63) is 18.0 Å². The molecule has 0 aromatic carbocycles. The molecule has 18 heavy (non-hydrogen) atoms. The van der Waals surface area contributed by atoms with Crippen molar-refractivity contribution in [1.82, 2.24) is 15.1 Å². The van der Waals surface area contributed by atoms with Gasteiger partial charge in [-0.3, -0.25) is 4.68 Å². The molecule has 0 spiro atoms. The van der Waals surface area contributed by atoms with Crippen molar-refractivity contribution in [3.8, 4) is 0 Å². The molecule has 6 heteroatoms. The summed E-state index contributed by atoms with van der Waals surface area (Å²) in [7, 11) is 0. The van der Waals surface area contributed by atoms with Crippen molar-refractivity contribution in [1.29, 1.82) is 0 Å². The summed E-state index contributed by atoms with van der Waals surface area (Å²) in [6.45, 7) is 8.60. The highest BCUT2D eigenvalue weighted by Gasteiger charge is 2.33. The largest absolute Gasteiger partial charge is 0.435 e. The summed E-state index contributed by atoms with van der Waals surface area (Å²) in [5.41, 5.74) is -0.863. The summed E-state index contributed by atoms with van der Waals surface area (Å²) < 4.78 is 38.6. The highest BCUT2D eigenvalue weighted by Crippen LogP contribution is 2.27. The molecule has 0 aliphatic carbocycles. The lowest BCUT2D eigenvalue weighted by molar-refractivity contribution is -0.141. The molecule has 3 nitrogen and oxygen atoms in total. The first-order valence-corrected chi connectivity index (χ1v) is 6.03. The van der Waals surface area contributed by atoms with Crippen LogP contribution in [0.4, 0.5) is 13.2 Å². The van der Waals surface area contributed by atoms with Crippen LogP contribution in [-0.2, 0) is 6.18 Å². The number of nitrogens with zero attached hydrogens (tertiary/aromatic N) is 2. The van der Waals surface area contributed by atoms with E-state index < -0.39 is 11.9 Å². The van der Waals surface area contributed by atoms with Gasteiger partial charge >= 0.3 is 6.18 Å². The van der Waals surface area contributed by atoms with E-state index >= 15 is 0 Å². The maximum Gasteiger partial charge on any atom is 0.435 e. The summed E-state index contributed by atoms with van der Waals surface area (Å²) in [4.78, 5) is 0. The molecule has 0 bridgehead atoms. The van der Waals surface area contributed by atoms with Crippen LogP contribution >= 0.6 is 0 Å². The zero-order valence-electron chi connectivity index (χ0n) is 11.2. The number of nitrogens with one attached hydrogen (secondary N) is 1. The average molecular weight is 263 g/mol. The SMILES string of the molecule is CCC(C)(C)NCC(C)n1ccc(C(F)(F)F)n1. The molecule has 1 aromatic rings. The summed E-state index contributed by atoms with van der Waals surface area (Å²) in [5.74, 6) is 0. The Hall–Kier alpha value is -1.04. The fraction of sp³-hybridized carbons (Fsp3) is 0.750. The topological polar surface area (TPSA) is 29.9 Å². The third-order valence-corrected chi connectivity index (χ3v) is 3.11. The first kappa shape index (κ1) is 15.0. The van der Waals surface area contributed by atoms with E-state index in [1.165, 1.54) is 10.9 Å². The Balaban J connectivity index is 2.63. The molecule has 1 heterocycles. The fourth-order valence-electron chi connectivity index (χ4n) is 1.38. The molecule has 0 radical (unpaired) electrons. The van der Waals surface area contributed by atoms with Gasteiger partial charge in [0.05, 0.1) is 6.04 Å². The second-order valence-electron chi connectivity index (χ2n) is 5.15. The molecule has 0 fully saturated rings. The van der Waals surface area contributed by atoms with Crippen molar-refractivity contribution >= 4 is 0 Å². The van der Waals surface area contributed by atoms with Gasteiger partial charge in [0.15, 0.2) is 5.69 Å². The lowest BCUT2D eigenvalue weighted by atomic mass is 10.0. The molecule has 1 unspecified atom stereocenters. The third-order valence-electron chi connectivity index (χ3n) is 3.11. The first-order chi connectivity index (χ1) is 8.15. The maximum absolute atomic E-state index is 12.4. The maximum atomic E-state index is 12.4. The van der Waals surface area contributed by atoms with E-state index in [9.17, 15) is 13.2 Å². The number of aromatic nitrogens is 2. The smallest absolute Gasteiger partial charge is 0.310 e. The number of hydrogen-bond acceptors (Lipinski definition) is 2. The van der Waals surface area contributed by atoms with E-state index in [0.717, 1.165) is 12.5 Å². The van der Waals surface area contributed by atoms with Gasteiger partial charge in [0.25, 0.3) is 0 Å². The van der Waals surface area contributed by atoms with Crippen molar-refractivity contribution in [3.63, 3.8) is 0 Å². The van der Waals surface area contributed by atoms with E-state index in [4.69, 9.17) is 0 Å². The zero-order chi connectivity index (χ0) is 14.0. The van der Waals surface area contributed by atoms with Crippen LogP contribution in [-0.4, -0.2) is 21.9 Å². The molecule has 1 atom stereocenters. The van der Waals surface area contributed by atoms with Gasteiger partial charge in [-0.25, -0.2) is 0 Å². The normalized spacial score (nSPS) is 14.8. The summed E-state index contributed by atoms with van der Waals surface area (Å²) in [5, 5.41) is 6.87. The van der Waals surface area contributed by atoms with Crippen LogP contribution in [0.1, 0.15) is 45.9 Å². The van der Waals surface area contributed by atoms with E-state index in [1.807, 2.05) is 6.92 Å². The minimum atomic E-state index is -4.37. The Labute approximate surface area is 105 Å². The van der Waals surface area contributed by atoms with E-state index in [0.29, 0.717) is 6.54 Å². The van der Waals surface area contributed by atoms with Crippen molar-refractivity contribution < 1.29 is 13.2 Å². The van der Waals surface area contributed by atoms with Crippen LogP contribution in [0.3, 0.4) is 0 Å². The van der Waals surface area contributed by atoms with Gasteiger partial charge in [-0.1, -0.05) is 6.92 Å². The van der Waals surface area contributed by atoms with Crippen LogP contribution in [0.15, 0.2) is 12.3 Å². The number of hydrogen-bond donors (Lipinski definition) is 1. The second kappa shape index (κ2) is 5.30. The highest BCUT2D eigenvalue weighted by atomic mass is 19.4. The molecule has 0 aliphatic rings. The van der Waals surface area contributed by atoms with Gasteiger partial charge in [0, 0.05) is 18.3 Å². The minimum absolute atomic E-state index is 0.0196. The molecule has 0 aliphatic heterocycles. The van der Waals surface area contributed by atoms with Crippen LogP contribution in [0, 0.1) is 0 Å². The van der Waals surface area contributed by atoms with Gasteiger partial charge in [0.1, 0.15) is 0 Å². The Morgan fingerprint density at radius 3 is 2.44 bits per heavy atom. The number of alkyl halides is 3. The quantitative estimate of drug-likeness (QED) is 0.883. The lowest BCUT2D eigenvalue weighted by Crippen LogP contribution is -2.41. The Bertz CT molecular complexity index is 382. The predicted octanol–water partition coefficient (Wildman–Crippen LogP) is 3.24. The number of rotatable bonds is 5. The zero-order valence-corrected chi connectivity index (χ0v) is 11.2. The Kier molecular flexibility index (Phi) is 4.42.